The highest BCUT2D eigenvalue weighted by atomic mass is 16.6. The molecule has 1 saturated carbocycles. The normalized spacial score (nSPS) is 18.3. The van der Waals surface area contributed by atoms with E-state index >= 15 is 0 Å². The number of carbonyl (C=O) groups excluding carboxylic acids is 2. The number of pyridine rings is 1. The van der Waals surface area contributed by atoms with E-state index in [1.807, 2.05) is 13.0 Å². The number of hydrogen-bond acceptors (Lipinski definition) is 6. The standard InChI is InChI=1S/C20H27N5O4/c1-4-25(2)20(27)29-15-6-5-14(11-15)16-12-17(24-23-16)22-18(26)9-13-7-8-21-19(10-13)28-3/h7-8,10,12,14-15H,4-6,9,11H2,1-3H3,(H2,22,23,24,26). The SMILES string of the molecule is CCN(C)C(=O)OC1CCC(c2cc(NC(=O)Cc3ccnc(OC)c3)n[nH]2)C1. The van der Waals surface area contributed by atoms with Crippen LogP contribution in [0.1, 0.15) is 43.4 Å². The van der Waals surface area contributed by atoms with Crippen LogP contribution in [0.5, 0.6) is 5.88 Å². The molecule has 3 rings (SSSR count). The van der Waals surface area contributed by atoms with Gasteiger partial charge in [0, 0.05) is 43.5 Å². The molecule has 2 heterocycles. The molecule has 2 atom stereocenters. The molecule has 2 aromatic heterocycles. The molecular formula is C20H27N5O4. The summed E-state index contributed by atoms with van der Waals surface area (Å²) < 4.78 is 10.6. The van der Waals surface area contributed by atoms with Crippen LogP contribution in [-0.2, 0) is 16.0 Å². The highest BCUT2D eigenvalue weighted by Crippen LogP contribution is 2.36. The molecule has 1 aliphatic rings. The number of ether oxygens (including phenoxy) is 2. The molecule has 29 heavy (non-hydrogen) atoms. The predicted octanol–water partition coefficient (Wildman–Crippen LogP) is 2.72. The number of amides is 2. The van der Waals surface area contributed by atoms with Crippen LogP contribution in [0.4, 0.5) is 10.6 Å². The number of nitrogens with zero attached hydrogens (tertiary/aromatic N) is 3. The minimum absolute atomic E-state index is 0.0930. The molecular weight excluding hydrogens is 374 g/mol. The first-order valence-corrected chi connectivity index (χ1v) is 9.74. The molecule has 0 aliphatic heterocycles. The first-order chi connectivity index (χ1) is 14.0. The maximum absolute atomic E-state index is 12.3. The van der Waals surface area contributed by atoms with E-state index in [1.165, 1.54) is 7.11 Å². The summed E-state index contributed by atoms with van der Waals surface area (Å²) in [5, 5.41) is 9.99. The molecule has 9 nitrogen and oxygen atoms in total. The fourth-order valence-corrected chi connectivity index (χ4v) is 3.35. The number of rotatable bonds is 7. The molecule has 156 valence electrons. The molecule has 2 N–H and O–H groups in total. The molecule has 0 radical (unpaired) electrons. The lowest BCUT2D eigenvalue weighted by atomic mass is 10.0. The summed E-state index contributed by atoms with van der Waals surface area (Å²) in [6.07, 6.45) is 3.89. The van der Waals surface area contributed by atoms with Gasteiger partial charge in [-0.1, -0.05) is 0 Å². The van der Waals surface area contributed by atoms with Crippen molar-refractivity contribution in [2.75, 3.05) is 26.0 Å². The topological polar surface area (TPSA) is 109 Å². The van der Waals surface area contributed by atoms with Crippen molar-refractivity contribution in [3.63, 3.8) is 0 Å². The second-order valence-corrected chi connectivity index (χ2v) is 7.17. The lowest BCUT2D eigenvalue weighted by Crippen LogP contribution is -2.30. The zero-order valence-corrected chi connectivity index (χ0v) is 17.0. The van der Waals surface area contributed by atoms with Gasteiger partial charge >= 0.3 is 6.09 Å². The van der Waals surface area contributed by atoms with Gasteiger partial charge in [-0.25, -0.2) is 9.78 Å². The lowest BCUT2D eigenvalue weighted by Gasteiger charge is -2.18. The van der Waals surface area contributed by atoms with Crippen LogP contribution < -0.4 is 10.1 Å². The summed E-state index contributed by atoms with van der Waals surface area (Å²) in [6, 6.07) is 5.34. The number of carbonyl (C=O) groups is 2. The molecule has 0 saturated heterocycles. The monoisotopic (exact) mass is 401 g/mol. The minimum Gasteiger partial charge on any atom is -0.481 e. The van der Waals surface area contributed by atoms with Crippen molar-refractivity contribution < 1.29 is 19.1 Å². The van der Waals surface area contributed by atoms with Crippen molar-refractivity contribution in [3.8, 4) is 5.88 Å². The second kappa shape index (κ2) is 9.40. The maximum atomic E-state index is 12.3. The van der Waals surface area contributed by atoms with Gasteiger partial charge in [0.25, 0.3) is 0 Å². The molecule has 1 aliphatic carbocycles. The van der Waals surface area contributed by atoms with E-state index in [0.717, 1.165) is 30.5 Å². The zero-order valence-electron chi connectivity index (χ0n) is 17.0. The number of aromatic amines is 1. The third-order valence-electron chi connectivity index (χ3n) is 5.12. The van der Waals surface area contributed by atoms with Gasteiger partial charge < -0.3 is 19.7 Å². The number of hydrogen-bond donors (Lipinski definition) is 2. The van der Waals surface area contributed by atoms with E-state index in [0.29, 0.717) is 18.2 Å². The van der Waals surface area contributed by atoms with Crippen LogP contribution in [-0.4, -0.2) is 58.9 Å². The highest BCUT2D eigenvalue weighted by molar-refractivity contribution is 5.91. The molecule has 9 heteroatoms. The smallest absolute Gasteiger partial charge is 0.409 e. The van der Waals surface area contributed by atoms with E-state index < -0.39 is 0 Å². The summed E-state index contributed by atoms with van der Waals surface area (Å²) in [5.74, 6) is 1.01. The van der Waals surface area contributed by atoms with Crippen LogP contribution >= 0.6 is 0 Å². The number of methoxy groups -OCH3 is 1. The predicted molar refractivity (Wildman–Crippen MR) is 107 cm³/mol. The van der Waals surface area contributed by atoms with Gasteiger partial charge in [-0.2, -0.15) is 5.10 Å². The first kappa shape index (κ1) is 20.6. The summed E-state index contributed by atoms with van der Waals surface area (Å²) in [6.45, 7) is 2.52. The van der Waals surface area contributed by atoms with E-state index in [-0.39, 0.29) is 30.4 Å². The Morgan fingerprint density at radius 3 is 2.93 bits per heavy atom. The Morgan fingerprint density at radius 2 is 2.17 bits per heavy atom. The second-order valence-electron chi connectivity index (χ2n) is 7.17. The molecule has 0 bridgehead atoms. The van der Waals surface area contributed by atoms with Crippen LogP contribution in [0.25, 0.3) is 0 Å². The van der Waals surface area contributed by atoms with Gasteiger partial charge in [0.1, 0.15) is 6.10 Å². The first-order valence-electron chi connectivity index (χ1n) is 9.74. The number of aromatic nitrogens is 3. The Bertz CT molecular complexity index is 853. The Kier molecular flexibility index (Phi) is 6.69. The highest BCUT2D eigenvalue weighted by Gasteiger charge is 2.30. The van der Waals surface area contributed by atoms with Crippen molar-refractivity contribution in [2.45, 2.75) is 44.6 Å². The van der Waals surface area contributed by atoms with Crippen molar-refractivity contribution in [3.05, 3.63) is 35.7 Å². The van der Waals surface area contributed by atoms with Crippen molar-refractivity contribution >= 4 is 17.8 Å². The zero-order chi connectivity index (χ0) is 20.8. The summed E-state index contributed by atoms with van der Waals surface area (Å²) in [4.78, 5) is 29.8. The number of nitrogens with one attached hydrogen (secondary N) is 2. The third-order valence-corrected chi connectivity index (χ3v) is 5.12. The molecule has 2 unspecified atom stereocenters. The van der Waals surface area contributed by atoms with E-state index in [1.54, 1.807) is 30.3 Å². The van der Waals surface area contributed by atoms with E-state index in [2.05, 4.69) is 20.5 Å². The van der Waals surface area contributed by atoms with Crippen LogP contribution in [0.3, 0.4) is 0 Å². The van der Waals surface area contributed by atoms with Gasteiger partial charge in [0.2, 0.25) is 11.8 Å². The molecule has 1 fully saturated rings. The fourth-order valence-electron chi connectivity index (χ4n) is 3.35. The number of anilines is 1. The van der Waals surface area contributed by atoms with Crippen LogP contribution in [0.2, 0.25) is 0 Å². The van der Waals surface area contributed by atoms with Gasteiger partial charge in [-0.05, 0) is 37.8 Å². The molecule has 0 spiro atoms. The van der Waals surface area contributed by atoms with Crippen molar-refractivity contribution in [1.29, 1.82) is 0 Å². The summed E-state index contributed by atoms with van der Waals surface area (Å²) >= 11 is 0. The third kappa shape index (κ3) is 5.46. The summed E-state index contributed by atoms with van der Waals surface area (Å²) in [5.41, 5.74) is 1.75. The van der Waals surface area contributed by atoms with Crippen LogP contribution in [0, 0.1) is 0 Å². The Morgan fingerprint density at radius 1 is 1.34 bits per heavy atom. The Hall–Kier alpha value is -3.10. The minimum atomic E-state index is -0.288. The maximum Gasteiger partial charge on any atom is 0.409 e. The quantitative estimate of drug-likeness (QED) is 0.738. The number of H-pyrrole nitrogens is 1. The lowest BCUT2D eigenvalue weighted by molar-refractivity contribution is -0.115. The Balaban J connectivity index is 1.51. The van der Waals surface area contributed by atoms with Gasteiger partial charge in [0.05, 0.1) is 13.5 Å². The molecule has 0 aromatic carbocycles. The average molecular weight is 401 g/mol. The summed E-state index contributed by atoms with van der Waals surface area (Å²) in [7, 11) is 3.26. The molecule has 2 aromatic rings. The van der Waals surface area contributed by atoms with Crippen molar-refractivity contribution in [2.24, 2.45) is 0 Å². The Labute approximate surface area is 169 Å². The van der Waals surface area contributed by atoms with Gasteiger partial charge in [0.15, 0.2) is 5.82 Å². The largest absolute Gasteiger partial charge is 0.481 e. The van der Waals surface area contributed by atoms with Crippen molar-refractivity contribution in [1.82, 2.24) is 20.1 Å². The van der Waals surface area contributed by atoms with Crippen LogP contribution in [0.15, 0.2) is 24.4 Å². The molecule has 2 amide bonds. The van der Waals surface area contributed by atoms with E-state index in [9.17, 15) is 9.59 Å². The average Bonchev–Trinajstić information content (AvgIpc) is 3.36. The van der Waals surface area contributed by atoms with Gasteiger partial charge in [-0.3, -0.25) is 9.89 Å². The van der Waals surface area contributed by atoms with Gasteiger partial charge in [-0.15, -0.1) is 0 Å². The van der Waals surface area contributed by atoms with E-state index in [4.69, 9.17) is 9.47 Å². The fraction of sp³-hybridized carbons (Fsp3) is 0.500.